The molecule has 7 heteroatoms. The molecule has 2 aliphatic rings. The first-order valence-electron chi connectivity index (χ1n) is 11.7. The molecule has 0 aromatic rings. The minimum absolute atomic E-state index is 0.122. The van der Waals surface area contributed by atoms with Gasteiger partial charge in [-0.15, -0.1) is 0 Å². The van der Waals surface area contributed by atoms with Gasteiger partial charge in [-0.05, 0) is 81.4 Å². The van der Waals surface area contributed by atoms with Gasteiger partial charge >= 0.3 is 11.9 Å². The largest absolute Gasteiger partial charge is 0.482 e. The number of esters is 1. The SMILES string of the molecule is C=C/C=C\C(OCC(=O)O)=C1/CCC2C(C1)C[C@@H](O)C2CCC(NC)OC(=O)C(C)CC. The van der Waals surface area contributed by atoms with Crippen molar-refractivity contribution in [3.05, 3.63) is 36.1 Å². The van der Waals surface area contributed by atoms with Crippen LogP contribution in [0.2, 0.25) is 0 Å². The van der Waals surface area contributed by atoms with Crippen molar-refractivity contribution in [1.29, 1.82) is 0 Å². The first-order chi connectivity index (χ1) is 15.3. The van der Waals surface area contributed by atoms with Crippen LogP contribution in [0.15, 0.2) is 36.1 Å². The van der Waals surface area contributed by atoms with Crippen molar-refractivity contribution in [3.8, 4) is 0 Å². The minimum atomic E-state index is -1.01. The molecule has 6 atom stereocenters. The van der Waals surface area contributed by atoms with Crippen LogP contribution in [0.4, 0.5) is 0 Å². The van der Waals surface area contributed by atoms with E-state index in [1.54, 1.807) is 25.3 Å². The molecule has 2 saturated carbocycles. The molecule has 2 fully saturated rings. The zero-order chi connectivity index (χ0) is 23.7. The molecule has 0 spiro atoms. The summed E-state index contributed by atoms with van der Waals surface area (Å²) < 4.78 is 11.1. The second kappa shape index (κ2) is 12.8. The normalized spacial score (nSPS) is 28.6. The zero-order valence-electron chi connectivity index (χ0n) is 19.6. The Morgan fingerprint density at radius 1 is 1.38 bits per heavy atom. The van der Waals surface area contributed by atoms with Gasteiger partial charge in [0, 0.05) is 0 Å². The monoisotopic (exact) mass is 449 g/mol. The number of carbonyl (C=O) groups excluding carboxylic acids is 1. The highest BCUT2D eigenvalue weighted by Crippen LogP contribution is 2.49. The Balaban J connectivity index is 2.00. The molecule has 0 aliphatic heterocycles. The van der Waals surface area contributed by atoms with Crippen LogP contribution >= 0.6 is 0 Å². The maximum absolute atomic E-state index is 12.1. The standard InChI is InChI=1S/C25H39NO6/c1-5-7-8-22(31-15-24(28)29)17-9-10-19-18(13-17)14-21(27)20(19)11-12-23(26-4)32-25(30)16(3)6-2/h5,7-8,16,18-21,23,26-27H,1,6,9-15H2,2-4H3,(H,28,29)/b8-7-,22-17-/t16?,18?,19?,20?,21-,23?/m1/s1. The number of fused-ring (bicyclic) bond motifs is 1. The smallest absolute Gasteiger partial charge is 0.341 e. The maximum atomic E-state index is 12.1. The van der Waals surface area contributed by atoms with Gasteiger partial charge in [0.1, 0.15) is 5.76 Å². The van der Waals surface area contributed by atoms with Gasteiger partial charge in [0.25, 0.3) is 0 Å². The third-order valence-corrected chi connectivity index (χ3v) is 6.92. The highest BCUT2D eigenvalue weighted by molar-refractivity contribution is 5.72. The predicted molar refractivity (Wildman–Crippen MR) is 123 cm³/mol. The van der Waals surface area contributed by atoms with Crippen LogP contribution in [-0.2, 0) is 19.1 Å². The van der Waals surface area contributed by atoms with Gasteiger partial charge in [-0.1, -0.05) is 32.6 Å². The lowest BCUT2D eigenvalue weighted by atomic mass is 9.74. The van der Waals surface area contributed by atoms with E-state index in [1.807, 2.05) is 13.8 Å². The Bertz CT molecular complexity index is 715. The highest BCUT2D eigenvalue weighted by atomic mass is 16.6. The van der Waals surface area contributed by atoms with Crippen LogP contribution < -0.4 is 5.32 Å². The van der Waals surface area contributed by atoms with Gasteiger partial charge in [-0.2, -0.15) is 0 Å². The number of carboxylic acids is 1. The van der Waals surface area contributed by atoms with Crippen molar-refractivity contribution >= 4 is 11.9 Å². The van der Waals surface area contributed by atoms with Crippen LogP contribution in [0, 0.1) is 23.7 Å². The molecule has 2 aliphatic carbocycles. The summed E-state index contributed by atoms with van der Waals surface area (Å²) in [5.41, 5.74) is 1.11. The average Bonchev–Trinajstić information content (AvgIpc) is 3.09. The molecule has 32 heavy (non-hydrogen) atoms. The van der Waals surface area contributed by atoms with Crippen LogP contribution in [-0.4, -0.2) is 48.1 Å². The minimum Gasteiger partial charge on any atom is -0.482 e. The Morgan fingerprint density at radius 3 is 2.75 bits per heavy atom. The second-order valence-electron chi connectivity index (χ2n) is 8.98. The molecule has 180 valence electrons. The van der Waals surface area contributed by atoms with Gasteiger partial charge in [0.05, 0.1) is 12.0 Å². The van der Waals surface area contributed by atoms with E-state index >= 15 is 0 Å². The second-order valence-corrected chi connectivity index (χ2v) is 8.98. The summed E-state index contributed by atoms with van der Waals surface area (Å²) >= 11 is 0. The molecule has 0 amide bonds. The first-order valence-corrected chi connectivity index (χ1v) is 11.7. The molecule has 7 nitrogen and oxygen atoms in total. The topological polar surface area (TPSA) is 105 Å². The van der Waals surface area contributed by atoms with E-state index in [1.165, 1.54) is 0 Å². The Kier molecular flexibility index (Phi) is 10.5. The van der Waals surface area contributed by atoms with E-state index in [-0.39, 0.29) is 36.7 Å². The van der Waals surface area contributed by atoms with Crippen LogP contribution in [0.3, 0.4) is 0 Å². The lowest BCUT2D eigenvalue weighted by Crippen LogP contribution is -2.34. The molecular weight excluding hydrogens is 410 g/mol. The van der Waals surface area contributed by atoms with Crippen molar-refractivity contribution < 1.29 is 29.3 Å². The van der Waals surface area contributed by atoms with E-state index in [4.69, 9.17) is 14.6 Å². The summed E-state index contributed by atoms with van der Waals surface area (Å²) in [6, 6.07) is 0. The number of aliphatic carboxylic acids is 1. The number of hydrogen-bond donors (Lipinski definition) is 3. The molecule has 0 bridgehead atoms. The number of carbonyl (C=O) groups is 2. The summed E-state index contributed by atoms with van der Waals surface area (Å²) in [5.74, 6) is 0.209. The summed E-state index contributed by atoms with van der Waals surface area (Å²) in [6.45, 7) is 7.13. The lowest BCUT2D eigenvalue weighted by molar-refractivity contribution is -0.155. The average molecular weight is 450 g/mol. The van der Waals surface area contributed by atoms with Gasteiger partial charge in [0.15, 0.2) is 12.8 Å². The van der Waals surface area contributed by atoms with Crippen LogP contribution in [0.25, 0.3) is 0 Å². The van der Waals surface area contributed by atoms with Crippen molar-refractivity contribution in [2.24, 2.45) is 23.7 Å². The van der Waals surface area contributed by atoms with Crippen molar-refractivity contribution in [2.75, 3.05) is 13.7 Å². The number of allylic oxidation sites excluding steroid dienone is 4. The van der Waals surface area contributed by atoms with E-state index in [2.05, 4.69) is 11.9 Å². The van der Waals surface area contributed by atoms with Gasteiger partial charge in [0.2, 0.25) is 0 Å². The quantitative estimate of drug-likeness (QED) is 0.180. The van der Waals surface area contributed by atoms with Gasteiger partial charge in [-0.25, -0.2) is 4.79 Å². The molecule has 0 saturated heterocycles. The summed E-state index contributed by atoms with van der Waals surface area (Å²) in [5, 5.41) is 22.8. The van der Waals surface area contributed by atoms with Gasteiger partial charge in [-0.3, -0.25) is 10.1 Å². The molecule has 0 aromatic heterocycles. The number of nitrogens with one attached hydrogen (secondary N) is 1. The Morgan fingerprint density at radius 2 is 2.12 bits per heavy atom. The van der Waals surface area contributed by atoms with Crippen molar-refractivity contribution in [2.45, 2.75) is 71.1 Å². The molecule has 0 radical (unpaired) electrons. The number of hydrogen-bond acceptors (Lipinski definition) is 6. The fourth-order valence-corrected chi connectivity index (χ4v) is 4.96. The number of ether oxygens (including phenoxy) is 2. The number of rotatable bonds is 12. The molecule has 5 unspecified atom stereocenters. The molecule has 0 aromatic carbocycles. The summed E-state index contributed by atoms with van der Waals surface area (Å²) in [4.78, 5) is 23.1. The third-order valence-electron chi connectivity index (χ3n) is 6.92. The summed E-state index contributed by atoms with van der Waals surface area (Å²) in [7, 11) is 1.79. The zero-order valence-corrected chi connectivity index (χ0v) is 19.6. The van der Waals surface area contributed by atoms with Gasteiger partial charge < -0.3 is 19.7 Å². The first kappa shape index (κ1) is 26.1. The van der Waals surface area contributed by atoms with Crippen LogP contribution in [0.5, 0.6) is 0 Å². The maximum Gasteiger partial charge on any atom is 0.341 e. The number of aliphatic hydroxyl groups excluding tert-OH is 1. The third kappa shape index (κ3) is 7.20. The Hall–Kier alpha value is -2.12. The van der Waals surface area contributed by atoms with Crippen molar-refractivity contribution in [3.63, 3.8) is 0 Å². The molecule has 3 N–H and O–H groups in total. The lowest BCUT2D eigenvalue weighted by Gasteiger charge is -2.32. The van der Waals surface area contributed by atoms with Crippen molar-refractivity contribution in [1.82, 2.24) is 5.32 Å². The molecule has 0 heterocycles. The molecule has 2 rings (SSSR count). The fraction of sp³-hybridized carbons (Fsp3) is 0.680. The van der Waals surface area contributed by atoms with E-state index < -0.39 is 5.97 Å². The number of aliphatic hydroxyl groups is 1. The van der Waals surface area contributed by atoms with Crippen LogP contribution in [0.1, 0.15) is 58.8 Å². The van der Waals surface area contributed by atoms with E-state index in [0.717, 1.165) is 44.1 Å². The Labute approximate surface area is 191 Å². The van der Waals surface area contributed by atoms with E-state index in [0.29, 0.717) is 24.0 Å². The molecular formula is C25H39NO6. The highest BCUT2D eigenvalue weighted by Gasteiger charge is 2.44. The fourth-order valence-electron chi connectivity index (χ4n) is 4.96. The predicted octanol–water partition coefficient (Wildman–Crippen LogP) is 3.80. The van der Waals surface area contributed by atoms with E-state index in [9.17, 15) is 14.7 Å². The summed E-state index contributed by atoms with van der Waals surface area (Å²) in [6.07, 6.45) is 9.93. The number of carboxylic acid groups (broad SMARTS) is 1.